The lowest BCUT2D eigenvalue weighted by Crippen LogP contribution is -2.28. The summed E-state index contributed by atoms with van der Waals surface area (Å²) in [5.41, 5.74) is 1.66. The molecule has 0 aliphatic carbocycles. The highest BCUT2D eigenvalue weighted by molar-refractivity contribution is 7.18. The lowest BCUT2D eigenvalue weighted by atomic mass is 10.1. The van der Waals surface area contributed by atoms with Crippen molar-refractivity contribution in [3.63, 3.8) is 0 Å². The van der Waals surface area contributed by atoms with Gasteiger partial charge >= 0.3 is 0 Å². The average molecular weight is 402 g/mol. The van der Waals surface area contributed by atoms with Crippen molar-refractivity contribution in [2.75, 3.05) is 16.8 Å². The van der Waals surface area contributed by atoms with Gasteiger partial charge in [-0.2, -0.15) is 0 Å². The van der Waals surface area contributed by atoms with Gasteiger partial charge < -0.3 is 10.2 Å². The molecule has 1 fully saturated rings. The number of nitrogens with zero attached hydrogens (tertiary/aromatic N) is 4. The smallest absolute Gasteiger partial charge is 0.231 e. The number of rotatable bonds is 4. The molecule has 4 rings (SSSR count). The van der Waals surface area contributed by atoms with E-state index in [1.165, 1.54) is 11.3 Å². The molecule has 1 unspecified atom stereocenters. The summed E-state index contributed by atoms with van der Waals surface area (Å²) in [6.07, 6.45) is 0.190. The van der Waals surface area contributed by atoms with E-state index < -0.39 is 5.92 Å². The van der Waals surface area contributed by atoms with E-state index in [0.29, 0.717) is 11.7 Å². The first-order chi connectivity index (χ1) is 12.9. The summed E-state index contributed by atoms with van der Waals surface area (Å²) < 4.78 is 1.09. The van der Waals surface area contributed by atoms with Gasteiger partial charge in [0.25, 0.3) is 0 Å². The van der Waals surface area contributed by atoms with Crippen molar-refractivity contribution in [1.29, 1.82) is 0 Å². The number of aryl methyl sites for hydroxylation is 1. The molecule has 1 aromatic carbocycles. The van der Waals surface area contributed by atoms with Crippen molar-refractivity contribution < 1.29 is 9.59 Å². The van der Waals surface area contributed by atoms with E-state index in [-0.39, 0.29) is 24.2 Å². The minimum atomic E-state index is -0.406. The van der Waals surface area contributed by atoms with Crippen molar-refractivity contribution >= 4 is 55.5 Å². The highest BCUT2D eigenvalue weighted by Crippen LogP contribution is 2.31. The van der Waals surface area contributed by atoms with Gasteiger partial charge in [0.15, 0.2) is 0 Å². The first-order valence-corrected chi connectivity index (χ1v) is 10.4. The lowest BCUT2D eigenvalue weighted by Gasteiger charge is -2.16. The fourth-order valence-corrected chi connectivity index (χ4v) is 4.61. The Morgan fingerprint density at radius 2 is 2.11 bits per heavy atom. The summed E-state index contributed by atoms with van der Waals surface area (Å²) in [5, 5.41) is 13.2. The second-order valence-electron chi connectivity index (χ2n) is 6.88. The standard InChI is InChI=1S/C18H19N5O2S2/c1-9(2)17-21-22-18(27-17)20-16(25)11-6-15(24)23(8-11)12-4-5-14-13(7-12)19-10(3)26-14/h4-5,7,9,11H,6,8H2,1-3H3,(H,20,22,25). The third-order valence-electron chi connectivity index (χ3n) is 4.45. The first kappa shape index (κ1) is 18.0. The topological polar surface area (TPSA) is 88.1 Å². The molecule has 1 atom stereocenters. The van der Waals surface area contributed by atoms with E-state index in [1.807, 2.05) is 39.0 Å². The Hall–Kier alpha value is -2.39. The summed E-state index contributed by atoms with van der Waals surface area (Å²) >= 11 is 2.99. The molecule has 2 aromatic heterocycles. The van der Waals surface area contributed by atoms with Gasteiger partial charge in [-0.3, -0.25) is 9.59 Å². The number of hydrogen-bond acceptors (Lipinski definition) is 7. The average Bonchev–Trinajstić information content (AvgIpc) is 3.31. The second-order valence-corrected chi connectivity index (χ2v) is 9.12. The fourth-order valence-electron chi connectivity index (χ4n) is 3.06. The van der Waals surface area contributed by atoms with Crippen LogP contribution in [-0.2, 0) is 9.59 Å². The Morgan fingerprint density at radius 3 is 2.85 bits per heavy atom. The highest BCUT2D eigenvalue weighted by Gasteiger charge is 2.35. The number of carbonyl (C=O) groups excluding carboxylic acids is 2. The summed E-state index contributed by atoms with van der Waals surface area (Å²) in [6, 6.07) is 5.80. The van der Waals surface area contributed by atoms with Crippen LogP contribution >= 0.6 is 22.7 Å². The van der Waals surface area contributed by atoms with E-state index in [9.17, 15) is 9.59 Å². The third kappa shape index (κ3) is 3.57. The van der Waals surface area contributed by atoms with Crippen molar-refractivity contribution in [2.24, 2.45) is 5.92 Å². The molecule has 0 spiro atoms. The van der Waals surface area contributed by atoms with Crippen LogP contribution in [0.1, 0.15) is 36.2 Å². The van der Waals surface area contributed by atoms with E-state index in [4.69, 9.17) is 0 Å². The van der Waals surface area contributed by atoms with Crippen molar-refractivity contribution in [1.82, 2.24) is 15.2 Å². The van der Waals surface area contributed by atoms with Crippen LogP contribution in [0.4, 0.5) is 10.8 Å². The van der Waals surface area contributed by atoms with Crippen LogP contribution in [0.25, 0.3) is 10.2 Å². The highest BCUT2D eigenvalue weighted by atomic mass is 32.1. The second kappa shape index (κ2) is 6.97. The van der Waals surface area contributed by atoms with Gasteiger partial charge in [-0.25, -0.2) is 4.98 Å². The zero-order valence-corrected chi connectivity index (χ0v) is 16.9. The van der Waals surface area contributed by atoms with E-state index >= 15 is 0 Å². The van der Waals surface area contributed by atoms with Crippen LogP contribution in [0.15, 0.2) is 18.2 Å². The monoisotopic (exact) mass is 401 g/mol. The maximum absolute atomic E-state index is 12.6. The van der Waals surface area contributed by atoms with Crippen LogP contribution < -0.4 is 10.2 Å². The summed E-state index contributed by atoms with van der Waals surface area (Å²) in [6.45, 7) is 6.37. The molecule has 9 heteroatoms. The molecule has 7 nitrogen and oxygen atoms in total. The number of anilines is 2. The van der Waals surface area contributed by atoms with Crippen molar-refractivity contribution in [3.05, 3.63) is 28.2 Å². The Morgan fingerprint density at radius 1 is 1.30 bits per heavy atom. The normalized spacial score (nSPS) is 17.3. The summed E-state index contributed by atoms with van der Waals surface area (Å²) in [5.74, 6) is -0.387. The fraction of sp³-hybridized carbons (Fsp3) is 0.389. The third-order valence-corrected chi connectivity index (χ3v) is 6.54. The van der Waals surface area contributed by atoms with Crippen molar-refractivity contribution in [3.8, 4) is 0 Å². The minimum absolute atomic E-state index is 0.0541. The molecule has 1 aliphatic rings. The zero-order chi connectivity index (χ0) is 19.1. The molecule has 140 valence electrons. The summed E-state index contributed by atoms with van der Waals surface area (Å²) in [4.78, 5) is 31.2. The zero-order valence-electron chi connectivity index (χ0n) is 15.2. The summed E-state index contributed by atoms with van der Waals surface area (Å²) in [7, 11) is 0. The number of thiazole rings is 1. The molecule has 0 saturated carbocycles. The molecular weight excluding hydrogens is 382 g/mol. The molecule has 3 heterocycles. The maximum Gasteiger partial charge on any atom is 0.231 e. The van der Waals surface area contributed by atoms with Crippen LogP contribution in [-0.4, -0.2) is 33.5 Å². The lowest BCUT2D eigenvalue weighted by molar-refractivity contribution is -0.122. The number of hydrogen-bond donors (Lipinski definition) is 1. The SMILES string of the molecule is Cc1nc2cc(N3CC(C(=O)Nc4nnc(C(C)C)s4)CC3=O)ccc2s1. The predicted molar refractivity (Wildman–Crippen MR) is 107 cm³/mol. The molecule has 1 saturated heterocycles. The van der Waals surface area contributed by atoms with E-state index in [2.05, 4.69) is 20.5 Å². The van der Waals surface area contributed by atoms with Gasteiger partial charge in [0.2, 0.25) is 16.9 Å². The predicted octanol–water partition coefficient (Wildman–Crippen LogP) is 3.57. The maximum atomic E-state index is 12.6. The Kier molecular flexibility index (Phi) is 4.65. The van der Waals surface area contributed by atoms with Gasteiger partial charge in [0.05, 0.1) is 21.1 Å². The number of fused-ring (bicyclic) bond motifs is 1. The number of nitrogens with one attached hydrogen (secondary N) is 1. The molecule has 1 aliphatic heterocycles. The Bertz CT molecular complexity index is 1030. The van der Waals surface area contributed by atoms with E-state index in [0.717, 1.165) is 25.9 Å². The number of benzene rings is 1. The van der Waals surface area contributed by atoms with Gasteiger partial charge in [-0.05, 0) is 25.1 Å². The molecule has 2 amide bonds. The molecular formula is C18H19N5O2S2. The van der Waals surface area contributed by atoms with Crippen LogP contribution in [0.2, 0.25) is 0 Å². The number of carbonyl (C=O) groups is 2. The van der Waals surface area contributed by atoms with E-state index in [1.54, 1.807) is 16.2 Å². The van der Waals surface area contributed by atoms with Crippen molar-refractivity contribution in [2.45, 2.75) is 33.1 Å². The molecule has 3 aromatic rings. The van der Waals surface area contributed by atoms with Gasteiger partial charge in [0, 0.05) is 24.6 Å². The minimum Gasteiger partial charge on any atom is -0.312 e. The molecule has 0 radical (unpaired) electrons. The largest absolute Gasteiger partial charge is 0.312 e. The first-order valence-electron chi connectivity index (χ1n) is 8.72. The van der Waals surface area contributed by atoms with Crippen LogP contribution in [0, 0.1) is 12.8 Å². The van der Waals surface area contributed by atoms with Gasteiger partial charge in [0.1, 0.15) is 5.01 Å². The number of amides is 2. The molecule has 0 bridgehead atoms. The quantitative estimate of drug-likeness (QED) is 0.722. The Balaban J connectivity index is 1.47. The Labute approximate surface area is 164 Å². The molecule has 27 heavy (non-hydrogen) atoms. The van der Waals surface area contributed by atoms with Crippen LogP contribution in [0.3, 0.4) is 0 Å². The van der Waals surface area contributed by atoms with Crippen LogP contribution in [0.5, 0.6) is 0 Å². The van der Waals surface area contributed by atoms with Gasteiger partial charge in [-0.1, -0.05) is 25.2 Å². The van der Waals surface area contributed by atoms with Gasteiger partial charge in [-0.15, -0.1) is 21.5 Å². The molecule has 1 N–H and O–H groups in total. The number of aromatic nitrogens is 3.